The van der Waals surface area contributed by atoms with Gasteiger partial charge in [-0.25, -0.2) is 0 Å². The first-order valence-electron chi connectivity index (χ1n) is 6.60. The predicted molar refractivity (Wildman–Crippen MR) is 70.5 cm³/mol. The van der Waals surface area contributed by atoms with E-state index in [9.17, 15) is 18.0 Å². The van der Waals surface area contributed by atoms with Crippen molar-refractivity contribution in [2.45, 2.75) is 38.4 Å². The minimum atomic E-state index is -4.38. The van der Waals surface area contributed by atoms with E-state index in [4.69, 9.17) is 0 Å². The van der Waals surface area contributed by atoms with Gasteiger partial charge in [-0.1, -0.05) is 6.07 Å². The largest absolute Gasteiger partial charge is 0.416 e. The van der Waals surface area contributed by atoms with Crippen molar-refractivity contribution in [2.75, 3.05) is 11.9 Å². The molecule has 0 aliphatic carbocycles. The number of alkyl halides is 3. The fourth-order valence-electron chi connectivity index (χ4n) is 2.30. The van der Waals surface area contributed by atoms with Gasteiger partial charge in [-0.15, -0.1) is 0 Å². The number of halogens is 3. The Kier molecular flexibility index (Phi) is 4.20. The summed E-state index contributed by atoms with van der Waals surface area (Å²) < 4.78 is 38.5. The van der Waals surface area contributed by atoms with Crippen LogP contribution in [-0.4, -0.2) is 18.5 Å². The van der Waals surface area contributed by atoms with Crippen LogP contribution in [-0.2, 0) is 11.0 Å². The molecule has 1 atom stereocenters. The Labute approximate surface area is 115 Å². The van der Waals surface area contributed by atoms with Gasteiger partial charge in [-0.05, 0) is 43.9 Å². The van der Waals surface area contributed by atoms with E-state index in [0.717, 1.165) is 18.9 Å². The molecule has 110 valence electrons. The maximum absolute atomic E-state index is 12.8. The lowest BCUT2D eigenvalue weighted by molar-refractivity contribution is -0.138. The van der Waals surface area contributed by atoms with Gasteiger partial charge in [0.1, 0.15) is 6.04 Å². The van der Waals surface area contributed by atoms with Gasteiger partial charge in [0.15, 0.2) is 0 Å². The molecule has 0 saturated carbocycles. The summed E-state index contributed by atoms with van der Waals surface area (Å²) in [4.78, 5) is 11.8. The van der Waals surface area contributed by atoms with E-state index in [1.54, 1.807) is 6.07 Å². The van der Waals surface area contributed by atoms with Gasteiger partial charge < -0.3 is 10.6 Å². The second-order valence-corrected chi connectivity index (χ2v) is 5.01. The quantitative estimate of drug-likeness (QED) is 0.877. The maximum Gasteiger partial charge on any atom is 0.416 e. The van der Waals surface area contributed by atoms with Gasteiger partial charge in [0, 0.05) is 12.2 Å². The first-order valence-corrected chi connectivity index (χ1v) is 6.60. The SMILES string of the molecule is Cc1ccc(NC2CCCCNC2=O)cc1C(F)(F)F. The zero-order chi connectivity index (χ0) is 14.8. The van der Waals surface area contributed by atoms with Crippen LogP contribution >= 0.6 is 0 Å². The monoisotopic (exact) mass is 286 g/mol. The van der Waals surface area contributed by atoms with Crippen molar-refractivity contribution in [1.29, 1.82) is 0 Å². The van der Waals surface area contributed by atoms with Crippen molar-refractivity contribution >= 4 is 11.6 Å². The van der Waals surface area contributed by atoms with E-state index in [0.29, 0.717) is 18.7 Å². The summed E-state index contributed by atoms with van der Waals surface area (Å²) in [6, 6.07) is 3.58. The third kappa shape index (κ3) is 3.43. The molecule has 20 heavy (non-hydrogen) atoms. The van der Waals surface area contributed by atoms with Crippen LogP contribution in [0.2, 0.25) is 0 Å². The molecule has 1 aromatic carbocycles. The minimum Gasteiger partial charge on any atom is -0.374 e. The van der Waals surface area contributed by atoms with Crippen LogP contribution in [0.3, 0.4) is 0 Å². The fourth-order valence-corrected chi connectivity index (χ4v) is 2.30. The number of anilines is 1. The highest BCUT2D eigenvalue weighted by Crippen LogP contribution is 2.33. The highest BCUT2D eigenvalue weighted by atomic mass is 19.4. The number of hydrogen-bond donors (Lipinski definition) is 2. The summed E-state index contributed by atoms with van der Waals surface area (Å²) in [7, 11) is 0. The van der Waals surface area contributed by atoms with Gasteiger partial charge in [-0.2, -0.15) is 13.2 Å². The van der Waals surface area contributed by atoms with Crippen LogP contribution in [0.5, 0.6) is 0 Å². The first-order chi connectivity index (χ1) is 9.38. The fraction of sp³-hybridized carbons (Fsp3) is 0.500. The molecule has 0 radical (unpaired) electrons. The van der Waals surface area contributed by atoms with Crippen LogP contribution in [0, 0.1) is 6.92 Å². The van der Waals surface area contributed by atoms with Crippen molar-refractivity contribution in [3.63, 3.8) is 0 Å². The predicted octanol–water partition coefficient (Wildman–Crippen LogP) is 3.09. The molecule has 1 aromatic rings. The number of hydrogen-bond acceptors (Lipinski definition) is 2. The van der Waals surface area contributed by atoms with Crippen molar-refractivity contribution in [3.8, 4) is 0 Å². The molecule has 1 fully saturated rings. The molecule has 1 heterocycles. The summed E-state index contributed by atoms with van der Waals surface area (Å²) in [6.07, 6.45) is -1.99. The zero-order valence-electron chi connectivity index (χ0n) is 11.2. The lowest BCUT2D eigenvalue weighted by Gasteiger charge is -2.18. The molecule has 1 amide bonds. The summed E-state index contributed by atoms with van der Waals surface area (Å²) in [5, 5.41) is 5.65. The Bertz CT molecular complexity index is 500. The van der Waals surface area contributed by atoms with Crippen LogP contribution < -0.4 is 10.6 Å². The normalized spacial score (nSPS) is 20.2. The maximum atomic E-state index is 12.8. The molecule has 2 rings (SSSR count). The summed E-state index contributed by atoms with van der Waals surface area (Å²) in [6.45, 7) is 2.05. The van der Waals surface area contributed by atoms with Crippen molar-refractivity contribution in [1.82, 2.24) is 5.32 Å². The van der Waals surface area contributed by atoms with Gasteiger partial charge in [0.25, 0.3) is 0 Å². The van der Waals surface area contributed by atoms with Gasteiger partial charge in [0.05, 0.1) is 5.56 Å². The third-order valence-electron chi connectivity index (χ3n) is 3.42. The average molecular weight is 286 g/mol. The van der Waals surface area contributed by atoms with Gasteiger partial charge in [0.2, 0.25) is 5.91 Å². The molecule has 1 saturated heterocycles. The Balaban J connectivity index is 2.19. The zero-order valence-corrected chi connectivity index (χ0v) is 11.2. The molecule has 2 N–H and O–H groups in total. The van der Waals surface area contributed by atoms with E-state index >= 15 is 0 Å². The number of amides is 1. The van der Waals surface area contributed by atoms with Crippen LogP contribution in [0.25, 0.3) is 0 Å². The van der Waals surface area contributed by atoms with Crippen LogP contribution in [0.4, 0.5) is 18.9 Å². The summed E-state index contributed by atoms with van der Waals surface area (Å²) in [5.74, 6) is -0.156. The number of carbonyl (C=O) groups is 1. The average Bonchev–Trinajstić information content (AvgIpc) is 2.56. The van der Waals surface area contributed by atoms with E-state index in [2.05, 4.69) is 10.6 Å². The van der Waals surface area contributed by atoms with Crippen LogP contribution in [0.15, 0.2) is 18.2 Å². The number of aryl methyl sites for hydroxylation is 1. The smallest absolute Gasteiger partial charge is 0.374 e. The first kappa shape index (κ1) is 14.7. The molecular weight excluding hydrogens is 269 g/mol. The molecule has 6 heteroatoms. The van der Waals surface area contributed by atoms with E-state index in [1.807, 2.05) is 0 Å². The van der Waals surface area contributed by atoms with Crippen molar-refractivity contribution < 1.29 is 18.0 Å². The Morgan fingerprint density at radius 3 is 2.75 bits per heavy atom. The Hall–Kier alpha value is -1.72. The molecule has 0 spiro atoms. The number of benzene rings is 1. The Morgan fingerprint density at radius 2 is 2.05 bits per heavy atom. The molecular formula is C14H17F3N2O. The van der Waals surface area contributed by atoms with E-state index in [1.165, 1.54) is 13.0 Å². The second kappa shape index (κ2) is 5.73. The highest BCUT2D eigenvalue weighted by Gasteiger charge is 2.32. The summed E-state index contributed by atoms with van der Waals surface area (Å²) in [5.41, 5.74) is -0.171. The third-order valence-corrected chi connectivity index (χ3v) is 3.42. The van der Waals surface area contributed by atoms with E-state index < -0.39 is 17.8 Å². The van der Waals surface area contributed by atoms with Gasteiger partial charge in [-0.3, -0.25) is 4.79 Å². The molecule has 1 unspecified atom stereocenters. The standard InChI is InChI=1S/C14H17F3N2O/c1-9-5-6-10(8-11(9)14(15,16)17)19-12-4-2-3-7-18-13(12)20/h5-6,8,12,19H,2-4,7H2,1H3,(H,18,20). The van der Waals surface area contributed by atoms with Crippen molar-refractivity contribution in [2.24, 2.45) is 0 Å². The molecule has 1 aliphatic heterocycles. The van der Waals surface area contributed by atoms with E-state index in [-0.39, 0.29) is 11.5 Å². The molecule has 1 aliphatic rings. The summed E-state index contributed by atoms with van der Waals surface area (Å²) >= 11 is 0. The second-order valence-electron chi connectivity index (χ2n) is 5.01. The molecule has 0 bridgehead atoms. The highest BCUT2D eigenvalue weighted by molar-refractivity contribution is 5.84. The lowest BCUT2D eigenvalue weighted by atomic mass is 10.1. The van der Waals surface area contributed by atoms with Crippen molar-refractivity contribution in [3.05, 3.63) is 29.3 Å². The number of carbonyl (C=O) groups excluding carboxylic acids is 1. The van der Waals surface area contributed by atoms with Crippen LogP contribution in [0.1, 0.15) is 30.4 Å². The molecule has 3 nitrogen and oxygen atoms in total. The topological polar surface area (TPSA) is 41.1 Å². The minimum absolute atomic E-state index is 0.156. The van der Waals surface area contributed by atoms with Gasteiger partial charge >= 0.3 is 6.18 Å². The number of nitrogens with one attached hydrogen (secondary N) is 2. The number of rotatable bonds is 2. The Morgan fingerprint density at radius 1 is 1.30 bits per heavy atom. The molecule has 0 aromatic heterocycles. The lowest BCUT2D eigenvalue weighted by Crippen LogP contribution is -2.37.